The van der Waals surface area contributed by atoms with Crippen molar-refractivity contribution in [3.05, 3.63) is 0 Å². The molecule has 10 heteroatoms. The second-order valence-corrected chi connectivity index (χ2v) is 15.4. The Kier molecular flexibility index (Phi) is 24.4. The quantitative estimate of drug-likeness (QED) is 0.0959. The van der Waals surface area contributed by atoms with Gasteiger partial charge in [0, 0.05) is 37.6 Å². The van der Waals surface area contributed by atoms with Gasteiger partial charge in [-0.2, -0.15) is 0 Å². The number of hydrogen-bond acceptors (Lipinski definition) is 8. The molecule has 0 amide bonds. The Bertz CT molecular complexity index is 865. The first kappa shape index (κ1) is 46.2. The predicted octanol–water partition coefficient (Wildman–Crippen LogP) is 3.33. The van der Waals surface area contributed by atoms with Gasteiger partial charge < -0.3 is 39.0 Å². The standard InChI is InChI=1S/C19H37NO4.C17H33NO4/c1-5-6-7-8-9-10-11-12-13-14-17(21)19(24,15-18(22)23)16-20(2,3)4;1-5-6-7-8-9-10-11-12-15(19)17(22,13-16(20)21)14-18(2,3)4/h24H,5-16H2,1-4H3;22H,5-14H2,1-4H3. The maximum absolute atomic E-state index is 12.3. The average molecular weight is 659 g/mol. The summed E-state index contributed by atoms with van der Waals surface area (Å²) in [6.07, 6.45) is 17.1. The molecule has 0 radical (unpaired) electrons. The number of likely N-dealkylation sites (N-methyl/N-ethyl adjacent to an activating group) is 2. The molecule has 0 aromatic heterocycles. The summed E-state index contributed by atoms with van der Waals surface area (Å²) in [5, 5.41) is 42.7. The minimum absolute atomic E-state index is 0.0797. The highest BCUT2D eigenvalue weighted by Gasteiger charge is 2.41. The molecule has 272 valence electrons. The molecular formula is C36H70N2O8. The van der Waals surface area contributed by atoms with Crippen LogP contribution in [0.25, 0.3) is 0 Å². The number of carboxylic acid groups (broad SMARTS) is 2. The van der Waals surface area contributed by atoms with Crippen molar-refractivity contribution in [2.75, 3.05) is 55.4 Å². The molecule has 2 unspecified atom stereocenters. The van der Waals surface area contributed by atoms with E-state index in [1.165, 1.54) is 64.2 Å². The molecule has 0 aliphatic rings. The molecular weight excluding hydrogens is 588 g/mol. The number of carbonyl (C=O) groups excluding carboxylic acids is 4. The number of quaternary nitrogens is 2. The van der Waals surface area contributed by atoms with Crippen LogP contribution in [0.3, 0.4) is 0 Å². The first-order chi connectivity index (χ1) is 21.2. The van der Waals surface area contributed by atoms with E-state index in [4.69, 9.17) is 0 Å². The number of ketones is 2. The Hall–Kier alpha value is -1.88. The third-order valence-corrected chi connectivity index (χ3v) is 7.90. The fourth-order valence-electron chi connectivity index (χ4n) is 5.84. The summed E-state index contributed by atoms with van der Waals surface area (Å²) in [4.78, 5) is 46.3. The van der Waals surface area contributed by atoms with E-state index in [2.05, 4.69) is 13.8 Å². The minimum Gasteiger partial charge on any atom is -0.550 e. The Morgan fingerprint density at radius 3 is 0.935 bits per heavy atom. The average Bonchev–Trinajstić information content (AvgIpc) is 2.88. The normalized spacial score (nSPS) is 14.5. The van der Waals surface area contributed by atoms with Crippen LogP contribution in [0.2, 0.25) is 0 Å². The van der Waals surface area contributed by atoms with Crippen LogP contribution in [-0.4, -0.2) is 109 Å². The highest BCUT2D eigenvalue weighted by Crippen LogP contribution is 2.21. The Morgan fingerprint density at radius 1 is 0.478 bits per heavy atom. The molecule has 0 saturated carbocycles. The van der Waals surface area contributed by atoms with Crippen molar-refractivity contribution < 1.29 is 48.6 Å². The highest BCUT2D eigenvalue weighted by molar-refractivity contribution is 5.91. The van der Waals surface area contributed by atoms with E-state index >= 15 is 0 Å². The van der Waals surface area contributed by atoms with Gasteiger partial charge in [0.15, 0.2) is 22.8 Å². The van der Waals surface area contributed by atoms with Gasteiger partial charge in [0.1, 0.15) is 13.1 Å². The fraction of sp³-hybridized carbons (Fsp3) is 0.889. The van der Waals surface area contributed by atoms with Crippen LogP contribution in [0, 0.1) is 0 Å². The zero-order chi connectivity index (χ0) is 35.9. The van der Waals surface area contributed by atoms with Gasteiger partial charge in [-0.25, -0.2) is 0 Å². The van der Waals surface area contributed by atoms with Crippen LogP contribution in [0.15, 0.2) is 0 Å². The van der Waals surface area contributed by atoms with Gasteiger partial charge in [-0.05, 0) is 12.8 Å². The molecule has 0 aliphatic carbocycles. The van der Waals surface area contributed by atoms with Crippen LogP contribution < -0.4 is 10.2 Å². The largest absolute Gasteiger partial charge is 0.550 e. The number of hydrogen-bond donors (Lipinski definition) is 2. The first-order valence-electron chi connectivity index (χ1n) is 17.7. The summed E-state index contributed by atoms with van der Waals surface area (Å²) >= 11 is 0. The molecule has 10 nitrogen and oxygen atoms in total. The van der Waals surface area contributed by atoms with Crippen LogP contribution >= 0.6 is 0 Å². The number of nitrogens with zero attached hydrogens (tertiary/aromatic N) is 2. The predicted molar refractivity (Wildman–Crippen MR) is 179 cm³/mol. The molecule has 0 saturated heterocycles. The van der Waals surface area contributed by atoms with Gasteiger partial charge in [-0.3, -0.25) is 9.59 Å². The van der Waals surface area contributed by atoms with Crippen molar-refractivity contribution >= 4 is 23.5 Å². The summed E-state index contributed by atoms with van der Waals surface area (Å²) < 4.78 is 0.653. The third kappa shape index (κ3) is 26.2. The summed E-state index contributed by atoms with van der Waals surface area (Å²) in [7, 11) is 10.9. The molecule has 0 rings (SSSR count). The zero-order valence-electron chi connectivity index (χ0n) is 30.8. The molecule has 0 aromatic rings. The van der Waals surface area contributed by atoms with E-state index in [1.54, 1.807) is 0 Å². The van der Waals surface area contributed by atoms with Gasteiger partial charge in [0.2, 0.25) is 0 Å². The third-order valence-electron chi connectivity index (χ3n) is 7.90. The molecule has 0 heterocycles. The van der Waals surface area contributed by atoms with Crippen molar-refractivity contribution in [1.82, 2.24) is 0 Å². The van der Waals surface area contributed by atoms with E-state index in [1.807, 2.05) is 42.3 Å². The number of aliphatic carboxylic acids is 2. The second-order valence-electron chi connectivity index (χ2n) is 15.4. The molecule has 0 bridgehead atoms. The van der Waals surface area contributed by atoms with E-state index in [-0.39, 0.29) is 37.5 Å². The minimum atomic E-state index is -1.82. The highest BCUT2D eigenvalue weighted by atomic mass is 16.4. The Balaban J connectivity index is 0. The zero-order valence-corrected chi connectivity index (χ0v) is 30.8. The molecule has 2 N–H and O–H groups in total. The molecule has 0 aromatic carbocycles. The fourth-order valence-corrected chi connectivity index (χ4v) is 5.84. The summed E-state index contributed by atoms with van der Waals surface area (Å²) in [6.45, 7) is 4.54. The van der Waals surface area contributed by atoms with Gasteiger partial charge in [-0.15, -0.1) is 0 Å². The van der Waals surface area contributed by atoms with Crippen LogP contribution in [-0.2, 0) is 19.2 Å². The van der Waals surface area contributed by atoms with Crippen molar-refractivity contribution in [2.24, 2.45) is 0 Å². The van der Waals surface area contributed by atoms with Gasteiger partial charge >= 0.3 is 0 Å². The molecule has 0 fully saturated rings. The molecule has 0 aliphatic heterocycles. The lowest BCUT2D eigenvalue weighted by Crippen LogP contribution is -2.56. The van der Waals surface area contributed by atoms with Crippen LogP contribution in [0.5, 0.6) is 0 Å². The Morgan fingerprint density at radius 2 is 0.717 bits per heavy atom. The smallest absolute Gasteiger partial charge is 0.177 e. The summed E-state index contributed by atoms with van der Waals surface area (Å²) in [5.74, 6) is -3.52. The topological polar surface area (TPSA) is 155 Å². The van der Waals surface area contributed by atoms with Gasteiger partial charge in [0.25, 0.3) is 0 Å². The number of Topliss-reactive ketones (excluding diaryl/α,β-unsaturated/α-hetero) is 2. The van der Waals surface area contributed by atoms with Gasteiger partial charge in [-0.1, -0.05) is 104 Å². The van der Waals surface area contributed by atoms with E-state index in [0.717, 1.165) is 25.7 Å². The maximum Gasteiger partial charge on any atom is 0.177 e. The van der Waals surface area contributed by atoms with Crippen LogP contribution in [0.4, 0.5) is 0 Å². The SMILES string of the molecule is CCCCCCCCCC(=O)C(O)(CC(=O)[O-])C[N+](C)(C)C.CCCCCCCCCCCC(=O)C(O)(CC(=O)[O-])C[N+](C)(C)C. The van der Waals surface area contributed by atoms with Crippen LogP contribution in [0.1, 0.15) is 142 Å². The number of carboxylic acids is 2. The van der Waals surface area contributed by atoms with Crippen molar-refractivity contribution in [3.63, 3.8) is 0 Å². The maximum atomic E-state index is 12.3. The molecule has 2 atom stereocenters. The lowest BCUT2D eigenvalue weighted by Gasteiger charge is -2.35. The monoisotopic (exact) mass is 659 g/mol. The first-order valence-corrected chi connectivity index (χ1v) is 17.7. The van der Waals surface area contributed by atoms with Crippen molar-refractivity contribution in [1.29, 1.82) is 0 Å². The lowest BCUT2D eigenvalue weighted by molar-refractivity contribution is -0.875. The number of rotatable bonds is 28. The summed E-state index contributed by atoms with van der Waals surface area (Å²) in [6, 6.07) is 0. The van der Waals surface area contributed by atoms with Crippen molar-refractivity contribution in [2.45, 2.75) is 153 Å². The molecule has 0 spiro atoms. The number of carbonyl (C=O) groups is 4. The number of unbranched alkanes of at least 4 members (excludes halogenated alkanes) is 14. The van der Waals surface area contributed by atoms with E-state index in [0.29, 0.717) is 21.8 Å². The summed E-state index contributed by atoms with van der Waals surface area (Å²) in [5.41, 5.74) is -3.64. The van der Waals surface area contributed by atoms with Gasteiger partial charge in [0.05, 0.1) is 42.3 Å². The second kappa shape index (κ2) is 24.3. The van der Waals surface area contributed by atoms with Crippen molar-refractivity contribution in [3.8, 4) is 0 Å². The van der Waals surface area contributed by atoms with E-state index in [9.17, 15) is 39.6 Å². The number of aliphatic hydroxyl groups is 2. The lowest BCUT2D eigenvalue weighted by atomic mass is 9.89. The Labute approximate surface area is 280 Å². The van der Waals surface area contributed by atoms with E-state index < -0.39 is 36.0 Å². The molecule has 46 heavy (non-hydrogen) atoms.